The minimum atomic E-state index is -1.48. The zero-order valence-electron chi connectivity index (χ0n) is 18.9. The van der Waals surface area contributed by atoms with E-state index in [0.29, 0.717) is 0 Å². The molecule has 0 spiro atoms. The molecular weight excluding hydrogens is 366 g/mol. The lowest BCUT2D eigenvalue weighted by molar-refractivity contribution is -0.929. The van der Waals surface area contributed by atoms with Gasteiger partial charge in [-0.3, -0.25) is 0 Å². The van der Waals surface area contributed by atoms with Gasteiger partial charge in [0, 0.05) is 5.56 Å². The molecule has 29 heavy (non-hydrogen) atoms. The molecule has 0 heterocycles. The van der Waals surface area contributed by atoms with Gasteiger partial charge in [0.05, 0.1) is 37.7 Å². The van der Waals surface area contributed by atoms with Crippen LogP contribution in [0.2, 0.25) is 0 Å². The van der Waals surface area contributed by atoms with Gasteiger partial charge in [0.25, 0.3) is 0 Å². The van der Waals surface area contributed by atoms with Crippen LogP contribution < -0.4 is 5.11 Å². The van der Waals surface area contributed by atoms with E-state index in [4.69, 9.17) is 5.11 Å². The first kappa shape index (κ1) is 27.1. The van der Waals surface area contributed by atoms with Crippen molar-refractivity contribution in [3.8, 4) is 0 Å². The molecule has 5 nitrogen and oxygen atoms in total. The fourth-order valence-corrected chi connectivity index (χ4v) is 3.49. The second kappa shape index (κ2) is 16.0. The molecule has 0 aliphatic heterocycles. The largest absolute Gasteiger partial charge is 0.545 e. The van der Waals surface area contributed by atoms with Crippen LogP contribution in [0.5, 0.6) is 0 Å². The highest BCUT2D eigenvalue weighted by atomic mass is 16.4. The summed E-state index contributed by atoms with van der Waals surface area (Å²) in [6.45, 7) is 15.0. The first-order valence-electron chi connectivity index (χ1n) is 11.3. The van der Waals surface area contributed by atoms with Crippen LogP contribution in [0.4, 0.5) is 0 Å². The maximum Gasteiger partial charge on any atom is 0.336 e. The number of carbonyl (C=O) groups excluding carboxylic acids is 1. The van der Waals surface area contributed by atoms with Crippen molar-refractivity contribution in [2.45, 2.75) is 79.1 Å². The standard InChI is InChI=1S/C16H36N.C8H6O4/c1-5-9-13-17(14-10-6-2,15-11-7-3)16-12-8-4;9-7(10)5-3-1-2-4-6(5)8(11)12/h5-16H2,1-4H3;1-4H,(H,9,10)(H,11,12)/q+1;/p-1. The molecule has 166 valence electrons. The Morgan fingerprint density at radius 3 is 1.34 bits per heavy atom. The van der Waals surface area contributed by atoms with E-state index in [9.17, 15) is 14.7 Å². The molecule has 1 aromatic rings. The summed E-state index contributed by atoms with van der Waals surface area (Å²) in [6, 6.07) is 5.31. The average molecular weight is 408 g/mol. The van der Waals surface area contributed by atoms with Crippen molar-refractivity contribution in [1.29, 1.82) is 0 Å². The lowest BCUT2D eigenvalue weighted by atomic mass is 10.1. The van der Waals surface area contributed by atoms with Crippen LogP contribution >= 0.6 is 0 Å². The van der Waals surface area contributed by atoms with Gasteiger partial charge < -0.3 is 19.5 Å². The smallest absolute Gasteiger partial charge is 0.336 e. The Kier molecular flexibility index (Phi) is 14.9. The van der Waals surface area contributed by atoms with E-state index < -0.39 is 11.9 Å². The molecule has 0 radical (unpaired) electrons. The summed E-state index contributed by atoms with van der Waals surface area (Å²) in [4.78, 5) is 20.8. The first-order chi connectivity index (χ1) is 13.9. The molecule has 0 saturated heterocycles. The van der Waals surface area contributed by atoms with Gasteiger partial charge >= 0.3 is 5.97 Å². The van der Waals surface area contributed by atoms with E-state index in [1.54, 1.807) is 0 Å². The van der Waals surface area contributed by atoms with Crippen molar-refractivity contribution >= 4 is 11.9 Å². The predicted molar refractivity (Wildman–Crippen MR) is 117 cm³/mol. The van der Waals surface area contributed by atoms with E-state index in [1.165, 1.54) is 106 Å². The van der Waals surface area contributed by atoms with E-state index in [1.807, 2.05) is 0 Å². The third kappa shape index (κ3) is 11.0. The third-order valence-electron chi connectivity index (χ3n) is 5.32. The monoisotopic (exact) mass is 407 g/mol. The van der Waals surface area contributed by atoms with Gasteiger partial charge in [-0.25, -0.2) is 4.79 Å². The highest BCUT2D eigenvalue weighted by Crippen LogP contribution is 2.16. The Balaban J connectivity index is 0.000000571. The number of hydrogen-bond donors (Lipinski definition) is 1. The number of aromatic carboxylic acids is 2. The minimum absolute atomic E-state index is 0.252. The number of rotatable bonds is 14. The fourth-order valence-electron chi connectivity index (χ4n) is 3.49. The number of quaternary nitrogens is 1. The number of nitrogens with zero attached hydrogens (tertiary/aromatic N) is 1. The maximum atomic E-state index is 10.4. The summed E-state index contributed by atoms with van der Waals surface area (Å²) in [6.07, 6.45) is 11.1. The molecule has 0 aliphatic carbocycles. The van der Waals surface area contributed by atoms with Crippen molar-refractivity contribution in [2.24, 2.45) is 0 Å². The van der Waals surface area contributed by atoms with E-state index in [0.717, 1.165) is 0 Å². The van der Waals surface area contributed by atoms with Crippen LogP contribution in [-0.4, -0.2) is 47.7 Å². The lowest BCUT2D eigenvalue weighted by Gasteiger charge is -2.39. The Morgan fingerprint density at radius 1 is 0.759 bits per heavy atom. The molecule has 1 rings (SSSR count). The Labute approximate surface area is 177 Å². The molecule has 0 amide bonds. The number of benzene rings is 1. The van der Waals surface area contributed by atoms with Crippen molar-refractivity contribution in [2.75, 3.05) is 26.2 Å². The Hall–Kier alpha value is -1.88. The highest BCUT2D eigenvalue weighted by molar-refractivity contribution is 6.00. The quantitative estimate of drug-likeness (QED) is 0.451. The van der Waals surface area contributed by atoms with Crippen LogP contribution in [0.3, 0.4) is 0 Å². The van der Waals surface area contributed by atoms with Gasteiger partial charge in [-0.2, -0.15) is 0 Å². The van der Waals surface area contributed by atoms with Crippen molar-refractivity contribution in [3.63, 3.8) is 0 Å². The van der Waals surface area contributed by atoms with Gasteiger partial charge in [0.15, 0.2) is 0 Å². The summed E-state index contributed by atoms with van der Waals surface area (Å²) < 4.78 is 1.42. The number of carboxylic acids is 2. The molecule has 5 heteroatoms. The predicted octanol–water partition coefficient (Wildman–Crippen LogP) is 4.75. The fraction of sp³-hybridized carbons (Fsp3) is 0.667. The molecular formula is C24H41NO4. The van der Waals surface area contributed by atoms with Gasteiger partial charge in [0.1, 0.15) is 0 Å². The van der Waals surface area contributed by atoms with Crippen LogP contribution in [0.15, 0.2) is 24.3 Å². The number of carbonyl (C=O) groups is 2. The Bertz CT molecular complexity index is 515. The molecule has 0 unspecified atom stereocenters. The van der Waals surface area contributed by atoms with E-state index >= 15 is 0 Å². The van der Waals surface area contributed by atoms with E-state index in [2.05, 4.69) is 27.7 Å². The SMILES string of the molecule is CCCC[N+](CCCC)(CCCC)CCCC.O=C([O-])c1ccccc1C(=O)O. The van der Waals surface area contributed by atoms with Gasteiger partial charge in [-0.1, -0.05) is 71.6 Å². The highest BCUT2D eigenvalue weighted by Gasteiger charge is 2.24. The topological polar surface area (TPSA) is 77.4 Å². The van der Waals surface area contributed by atoms with Crippen LogP contribution in [0.1, 0.15) is 99.8 Å². The number of unbranched alkanes of at least 4 members (excludes halogenated alkanes) is 4. The molecule has 0 saturated carbocycles. The molecule has 0 bridgehead atoms. The maximum absolute atomic E-state index is 10.4. The van der Waals surface area contributed by atoms with Crippen molar-refractivity contribution < 1.29 is 24.3 Å². The molecule has 0 aromatic heterocycles. The van der Waals surface area contributed by atoms with Gasteiger partial charge in [-0.05, 0) is 31.7 Å². The Morgan fingerprint density at radius 2 is 1.10 bits per heavy atom. The molecule has 0 aliphatic rings. The van der Waals surface area contributed by atoms with Crippen LogP contribution in [-0.2, 0) is 0 Å². The molecule has 1 aromatic carbocycles. The number of hydrogen-bond acceptors (Lipinski definition) is 3. The van der Waals surface area contributed by atoms with E-state index in [-0.39, 0.29) is 11.1 Å². The average Bonchev–Trinajstić information content (AvgIpc) is 2.73. The zero-order valence-corrected chi connectivity index (χ0v) is 18.9. The first-order valence-corrected chi connectivity index (χ1v) is 11.3. The second-order valence-corrected chi connectivity index (χ2v) is 7.79. The summed E-state index contributed by atoms with van der Waals surface area (Å²) >= 11 is 0. The van der Waals surface area contributed by atoms with Crippen LogP contribution in [0, 0.1) is 0 Å². The summed E-state index contributed by atoms with van der Waals surface area (Å²) in [5.41, 5.74) is -0.553. The normalized spacial score (nSPS) is 10.9. The third-order valence-corrected chi connectivity index (χ3v) is 5.32. The van der Waals surface area contributed by atoms with Gasteiger partial charge in [-0.15, -0.1) is 0 Å². The number of carboxylic acid groups (broad SMARTS) is 2. The zero-order chi connectivity index (χ0) is 22.1. The van der Waals surface area contributed by atoms with Crippen molar-refractivity contribution in [1.82, 2.24) is 0 Å². The van der Waals surface area contributed by atoms with Crippen LogP contribution in [0.25, 0.3) is 0 Å². The molecule has 0 atom stereocenters. The minimum Gasteiger partial charge on any atom is -0.545 e. The van der Waals surface area contributed by atoms with Gasteiger partial charge in [0.2, 0.25) is 0 Å². The lowest BCUT2D eigenvalue weighted by Crippen LogP contribution is -2.50. The van der Waals surface area contributed by atoms with Crippen molar-refractivity contribution in [3.05, 3.63) is 35.4 Å². The molecule has 0 fully saturated rings. The summed E-state index contributed by atoms with van der Waals surface area (Å²) in [7, 11) is 0. The summed E-state index contributed by atoms with van der Waals surface area (Å²) in [5.74, 6) is -2.75. The second-order valence-electron chi connectivity index (χ2n) is 7.79. The molecule has 1 N–H and O–H groups in total. The summed E-state index contributed by atoms with van der Waals surface area (Å²) in [5, 5.41) is 18.9.